The van der Waals surface area contributed by atoms with Crippen LogP contribution in [0.15, 0.2) is 55.1 Å². The van der Waals surface area contributed by atoms with Crippen LogP contribution in [0, 0.1) is 24.3 Å². The largest absolute Gasteiger partial charge is 1.00 e. The van der Waals surface area contributed by atoms with Crippen LogP contribution in [0.25, 0.3) is 11.1 Å². The first-order chi connectivity index (χ1) is 25.5. The Morgan fingerprint density at radius 1 is 1.13 bits per heavy atom. The molecule has 0 saturated carbocycles. The Morgan fingerprint density at radius 3 is 2.42 bits per heavy atom. The molecule has 2 aliphatic heterocycles. The summed E-state index contributed by atoms with van der Waals surface area (Å²) in [5, 5.41) is 14.6. The zero-order valence-corrected chi connectivity index (χ0v) is 35.5. The number of alkyl halides is 2. The summed E-state index contributed by atoms with van der Waals surface area (Å²) in [6.07, 6.45) is 0.954. The Hall–Kier alpha value is -3.78. The molecule has 12 nitrogen and oxygen atoms in total. The number of nitriles is 1. The van der Waals surface area contributed by atoms with Gasteiger partial charge in [-0.05, 0) is 51.1 Å². The number of ether oxygens (including phenoxy) is 1. The molecule has 2 aliphatic rings. The topological polar surface area (TPSA) is 138 Å². The number of piperazine rings is 1. The first-order valence-corrected chi connectivity index (χ1v) is 17.8. The summed E-state index contributed by atoms with van der Waals surface area (Å²) in [6.45, 7) is 16.2. The molecule has 55 heavy (non-hydrogen) atoms. The number of carbonyl (C=O) groups is 4. The van der Waals surface area contributed by atoms with Crippen LogP contribution in [0.3, 0.4) is 0 Å². The zero-order chi connectivity index (χ0) is 39.6. The Balaban J connectivity index is 0.00000812. The number of nitrogens with one attached hydrogen (secondary N) is 2. The molecule has 0 spiro atoms. The van der Waals surface area contributed by atoms with Crippen molar-refractivity contribution in [2.24, 2.45) is 0 Å². The molecule has 0 bridgehead atoms. The van der Waals surface area contributed by atoms with E-state index in [-0.39, 0.29) is 75.5 Å². The molecular formula is C40H49F2KN7O5-. The van der Waals surface area contributed by atoms with Gasteiger partial charge in [0.25, 0.3) is 5.92 Å². The molecule has 4 amide bonds. The maximum absolute atomic E-state index is 14.0. The Kier molecular flexibility index (Phi) is 16.9. The number of halogens is 2. The normalized spacial score (nSPS) is 17.2. The van der Waals surface area contributed by atoms with Crippen LogP contribution in [-0.2, 0) is 25.7 Å². The Labute approximate surface area is 365 Å². The van der Waals surface area contributed by atoms with E-state index in [4.69, 9.17) is 4.74 Å². The van der Waals surface area contributed by atoms with Gasteiger partial charge in [-0.2, -0.15) is 17.8 Å². The summed E-state index contributed by atoms with van der Waals surface area (Å²) in [5.41, 5.74) is 2.50. The Morgan fingerprint density at radius 2 is 1.80 bits per heavy atom. The minimum absolute atomic E-state index is 0. The van der Waals surface area contributed by atoms with E-state index < -0.39 is 48.9 Å². The van der Waals surface area contributed by atoms with Crippen molar-refractivity contribution in [3.63, 3.8) is 0 Å². The van der Waals surface area contributed by atoms with Gasteiger partial charge in [0, 0.05) is 52.7 Å². The van der Waals surface area contributed by atoms with Crippen molar-refractivity contribution in [2.75, 3.05) is 64.3 Å². The molecule has 2 saturated heterocycles. The fourth-order valence-corrected chi connectivity index (χ4v) is 6.17. The van der Waals surface area contributed by atoms with E-state index in [0.29, 0.717) is 36.3 Å². The number of rotatable bonds is 13. The van der Waals surface area contributed by atoms with E-state index >= 15 is 0 Å². The summed E-state index contributed by atoms with van der Waals surface area (Å²) >= 11 is 0. The van der Waals surface area contributed by atoms with Crippen LogP contribution in [0.4, 0.5) is 19.3 Å². The monoisotopic (exact) mass is 784 g/mol. The van der Waals surface area contributed by atoms with Crippen molar-refractivity contribution in [2.45, 2.75) is 57.7 Å². The summed E-state index contributed by atoms with van der Waals surface area (Å²) in [5.74, 6) is -4.98. The van der Waals surface area contributed by atoms with Crippen LogP contribution in [0.5, 0.6) is 0 Å². The van der Waals surface area contributed by atoms with E-state index in [0.717, 1.165) is 42.2 Å². The number of hydrogen-bond acceptors (Lipinski definition) is 8. The molecule has 2 aromatic rings. The van der Waals surface area contributed by atoms with E-state index in [1.807, 2.05) is 33.9 Å². The van der Waals surface area contributed by atoms with Crippen molar-refractivity contribution >= 4 is 40.6 Å². The van der Waals surface area contributed by atoms with Gasteiger partial charge in [-0.3, -0.25) is 19.3 Å². The maximum atomic E-state index is 14.0. The molecule has 4 rings (SSSR count). The molecule has 2 N–H and O–H groups in total. The number of hydrogen-bond donors (Lipinski definition) is 2. The Bertz CT molecular complexity index is 1770. The SMILES string of the molecule is C=CC(=O)NCc1ccc(/C([CH2-])=C(\C(=O)NCC(=O)N2CC(F)(F)CC2C#N)c2[c-]ccc(N(C)CCCN3CCN(C(=O)OC(C)(C)C)CC3)c2)cc1.[K+]. The van der Waals surface area contributed by atoms with E-state index in [1.165, 1.54) is 6.08 Å². The molecule has 2 fully saturated rings. The zero-order valence-electron chi connectivity index (χ0n) is 32.4. The average molecular weight is 785 g/mol. The number of nitrogens with zero attached hydrogens (tertiary/aromatic N) is 5. The third-order valence-electron chi connectivity index (χ3n) is 9.11. The van der Waals surface area contributed by atoms with Gasteiger partial charge in [0.2, 0.25) is 17.7 Å². The number of anilines is 1. The quantitative estimate of drug-likeness (QED) is 0.134. The summed E-state index contributed by atoms with van der Waals surface area (Å²) in [4.78, 5) is 57.8. The molecule has 0 aromatic heterocycles. The van der Waals surface area contributed by atoms with E-state index in [2.05, 4.69) is 40.0 Å². The van der Waals surface area contributed by atoms with Gasteiger partial charge in [0.15, 0.2) is 0 Å². The van der Waals surface area contributed by atoms with Crippen molar-refractivity contribution in [1.82, 2.24) is 25.3 Å². The van der Waals surface area contributed by atoms with E-state index in [1.54, 1.807) is 47.4 Å². The van der Waals surface area contributed by atoms with Gasteiger partial charge in [0.05, 0.1) is 19.2 Å². The van der Waals surface area contributed by atoms with Crippen LogP contribution >= 0.6 is 0 Å². The third-order valence-corrected chi connectivity index (χ3v) is 9.11. The second kappa shape index (κ2) is 20.4. The molecule has 2 heterocycles. The first-order valence-electron chi connectivity index (χ1n) is 17.8. The number of amides is 4. The number of allylic oxidation sites excluding steroid dienone is 1. The second-order valence-electron chi connectivity index (χ2n) is 14.4. The smallest absolute Gasteiger partial charge is 0.444 e. The third kappa shape index (κ3) is 13.4. The fourth-order valence-electron chi connectivity index (χ4n) is 6.17. The number of likely N-dealkylation sites (tertiary alicyclic amines) is 1. The van der Waals surface area contributed by atoms with Crippen molar-refractivity contribution in [3.8, 4) is 6.07 Å². The van der Waals surface area contributed by atoms with Gasteiger partial charge in [-0.25, -0.2) is 13.6 Å². The van der Waals surface area contributed by atoms with Gasteiger partial charge in [-0.15, -0.1) is 47.5 Å². The molecular weight excluding hydrogens is 736 g/mol. The minimum Gasteiger partial charge on any atom is -0.444 e. The standard InChI is InChI=1S/C40H49F2N7O5.K/c1-7-34(50)44-25-29-12-14-30(15-13-29)28(2)36(37(52)45-26-35(51)49-27-40(41,42)23-33(49)24-43)31-10-8-11-32(22-31)46(6)16-9-17-47-18-20-48(21-19-47)38(53)54-39(3,4)5;/h7-8,11-15,22,33H,1-2,9,16-21,23,25-27H2,3-6H3,(H,44,50)(H,45,52);/q-2;+1/b36-28-;. The minimum atomic E-state index is -3.19. The summed E-state index contributed by atoms with van der Waals surface area (Å²) < 4.78 is 33.6. The maximum Gasteiger partial charge on any atom is 1.00 e. The summed E-state index contributed by atoms with van der Waals surface area (Å²) in [6, 6.07) is 16.0. The van der Waals surface area contributed by atoms with Crippen molar-refractivity contribution in [1.29, 1.82) is 5.26 Å². The molecule has 0 aliphatic carbocycles. The average Bonchev–Trinajstić information content (AvgIpc) is 3.47. The van der Waals surface area contributed by atoms with Crippen LogP contribution in [-0.4, -0.2) is 115 Å². The molecule has 2 aromatic carbocycles. The van der Waals surface area contributed by atoms with E-state index in [9.17, 15) is 33.2 Å². The molecule has 1 unspecified atom stereocenters. The molecule has 0 radical (unpaired) electrons. The van der Waals surface area contributed by atoms with Gasteiger partial charge >= 0.3 is 57.5 Å². The molecule has 1 atom stereocenters. The van der Waals surface area contributed by atoms with Gasteiger partial charge in [0.1, 0.15) is 11.6 Å². The second-order valence-corrected chi connectivity index (χ2v) is 14.4. The van der Waals surface area contributed by atoms with Gasteiger partial charge in [-0.1, -0.05) is 24.3 Å². The van der Waals surface area contributed by atoms with Gasteiger partial charge < -0.3 is 30.1 Å². The molecule has 15 heteroatoms. The van der Waals surface area contributed by atoms with Crippen LogP contribution in [0.2, 0.25) is 0 Å². The van der Waals surface area contributed by atoms with Crippen molar-refractivity contribution < 1.29 is 84.1 Å². The molecule has 290 valence electrons. The fraction of sp³-hybridized carbons (Fsp3) is 0.450. The van der Waals surface area contributed by atoms with Crippen LogP contribution < -0.4 is 66.9 Å². The van der Waals surface area contributed by atoms with Crippen LogP contribution in [0.1, 0.15) is 50.3 Å². The summed E-state index contributed by atoms with van der Waals surface area (Å²) in [7, 11) is 1.94. The predicted octanol–water partition coefficient (Wildman–Crippen LogP) is 1.29. The van der Waals surface area contributed by atoms with Crippen molar-refractivity contribution in [3.05, 3.63) is 84.8 Å². The number of benzene rings is 2. The first kappa shape index (κ1) is 45.6. The number of carbonyl (C=O) groups excluding carboxylic acids is 4. The predicted molar refractivity (Wildman–Crippen MR) is 202 cm³/mol.